The molecule has 3 rings (SSSR count). The topological polar surface area (TPSA) is 59.1 Å². The van der Waals surface area contributed by atoms with Crippen LogP contribution in [0.15, 0.2) is 42.5 Å². The van der Waals surface area contributed by atoms with Crippen molar-refractivity contribution < 1.29 is 13.2 Å². The van der Waals surface area contributed by atoms with E-state index in [1.165, 1.54) is 6.07 Å². The van der Waals surface area contributed by atoms with Crippen molar-refractivity contribution in [3.63, 3.8) is 0 Å². The highest BCUT2D eigenvalue weighted by atomic mass is 28.4. The van der Waals surface area contributed by atoms with E-state index >= 15 is 8.78 Å². The number of nitrogens with one attached hydrogen (secondary N) is 2. The summed E-state index contributed by atoms with van der Waals surface area (Å²) in [5.74, 6) is -1.77. The van der Waals surface area contributed by atoms with Gasteiger partial charge < -0.3 is 15.1 Å². The zero-order valence-corrected chi connectivity index (χ0v) is 22.4. The molecule has 0 amide bonds. The van der Waals surface area contributed by atoms with Crippen molar-refractivity contribution in [3.05, 3.63) is 59.4 Å². The maximum Gasteiger partial charge on any atom is 0.294 e. The maximum absolute atomic E-state index is 15.1. The fraction of sp³-hybridized carbons (Fsp3) is 0.462. The average molecular weight is 487 g/mol. The van der Waals surface area contributed by atoms with Crippen LogP contribution < -0.4 is 10.6 Å². The number of benzene rings is 2. The van der Waals surface area contributed by atoms with Crippen LogP contribution in [0.5, 0.6) is 0 Å². The standard InChI is InChI=1S/C26H36F2N4OSi/c1-17(30-24-22-15-21(29-6)12-13-23(22)31-18(2)32-24)19-10-9-11-20(14-19)26(27,28)16-33-34(7,8)25(3,4)5/h9-15,17,29H,16H2,1-8H3,(H,30,31,32)/t17-/m1/s1. The third-order valence-electron chi connectivity index (χ3n) is 6.68. The smallest absolute Gasteiger partial charge is 0.294 e. The van der Waals surface area contributed by atoms with Crippen molar-refractivity contribution >= 4 is 30.7 Å². The van der Waals surface area contributed by atoms with Crippen LogP contribution in [0.1, 0.15) is 50.7 Å². The number of hydrogen-bond donors (Lipinski definition) is 2. The fourth-order valence-corrected chi connectivity index (χ4v) is 4.38. The van der Waals surface area contributed by atoms with Gasteiger partial charge in [-0.05, 0) is 61.8 Å². The molecule has 0 saturated heterocycles. The number of fused-ring (bicyclic) bond motifs is 1. The van der Waals surface area contributed by atoms with Crippen LogP contribution in [0.25, 0.3) is 10.9 Å². The summed E-state index contributed by atoms with van der Waals surface area (Å²) in [5, 5.41) is 7.26. The predicted molar refractivity (Wildman–Crippen MR) is 139 cm³/mol. The molecule has 3 aromatic rings. The minimum absolute atomic E-state index is 0.0430. The molecule has 0 fully saturated rings. The molecule has 2 N–H and O–H groups in total. The Labute approximate surface area is 202 Å². The summed E-state index contributed by atoms with van der Waals surface area (Å²) < 4.78 is 36.1. The quantitative estimate of drug-likeness (QED) is 0.328. The van der Waals surface area contributed by atoms with Crippen LogP contribution in [-0.4, -0.2) is 31.9 Å². The minimum Gasteiger partial charge on any atom is -0.410 e. The largest absolute Gasteiger partial charge is 0.410 e. The molecule has 34 heavy (non-hydrogen) atoms. The van der Waals surface area contributed by atoms with Gasteiger partial charge in [0.2, 0.25) is 0 Å². The Morgan fingerprint density at radius 2 is 1.76 bits per heavy atom. The highest BCUT2D eigenvalue weighted by Crippen LogP contribution is 2.39. The van der Waals surface area contributed by atoms with Crippen LogP contribution in [0.3, 0.4) is 0 Å². The highest BCUT2D eigenvalue weighted by Gasteiger charge is 2.41. The van der Waals surface area contributed by atoms with E-state index in [-0.39, 0.29) is 16.6 Å². The van der Waals surface area contributed by atoms with Gasteiger partial charge in [-0.25, -0.2) is 9.97 Å². The lowest BCUT2D eigenvalue weighted by Gasteiger charge is -2.37. The number of aromatic nitrogens is 2. The SMILES string of the molecule is CNc1ccc2nc(C)nc(N[C@H](C)c3cccc(C(F)(F)CO[Si](C)(C)C(C)(C)C)c3)c2c1. The third kappa shape index (κ3) is 5.72. The fourth-order valence-electron chi connectivity index (χ4n) is 3.40. The Morgan fingerprint density at radius 3 is 2.41 bits per heavy atom. The van der Waals surface area contributed by atoms with Crippen molar-refractivity contribution in [1.29, 1.82) is 0 Å². The average Bonchev–Trinajstić information content (AvgIpc) is 2.77. The second kappa shape index (κ2) is 9.58. The molecular weight excluding hydrogens is 450 g/mol. The van der Waals surface area contributed by atoms with Crippen molar-refractivity contribution in [2.75, 3.05) is 24.3 Å². The first-order chi connectivity index (χ1) is 15.7. The number of anilines is 2. The molecule has 184 valence electrons. The van der Waals surface area contributed by atoms with Gasteiger partial charge >= 0.3 is 0 Å². The van der Waals surface area contributed by atoms with Gasteiger partial charge in [0, 0.05) is 29.7 Å². The zero-order chi connectivity index (χ0) is 25.3. The maximum atomic E-state index is 15.1. The van der Waals surface area contributed by atoms with Crippen LogP contribution >= 0.6 is 0 Å². The van der Waals surface area contributed by atoms with E-state index in [0.29, 0.717) is 11.6 Å². The summed E-state index contributed by atoms with van der Waals surface area (Å²) in [4.78, 5) is 9.09. The summed E-state index contributed by atoms with van der Waals surface area (Å²) in [6.07, 6.45) is 0. The van der Waals surface area contributed by atoms with Crippen LogP contribution in [0.2, 0.25) is 18.1 Å². The predicted octanol–water partition coefficient (Wildman–Crippen LogP) is 7.27. The Bertz CT molecular complexity index is 1160. The monoisotopic (exact) mass is 486 g/mol. The molecule has 0 aliphatic heterocycles. The van der Waals surface area contributed by atoms with Crippen molar-refractivity contribution in [2.45, 2.75) is 64.7 Å². The molecule has 0 bridgehead atoms. The summed E-state index contributed by atoms with van der Waals surface area (Å²) in [5.41, 5.74) is 2.47. The summed E-state index contributed by atoms with van der Waals surface area (Å²) >= 11 is 0. The van der Waals surface area contributed by atoms with Crippen LogP contribution in [-0.2, 0) is 10.3 Å². The van der Waals surface area contributed by atoms with Gasteiger partial charge in [-0.3, -0.25) is 0 Å². The number of nitrogens with zero attached hydrogens (tertiary/aromatic N) is 2. The summed E-state index contributed by atoms with van der Waals surface area (Å²) in [6, 6.07) is 12.2. The second-order valence-corrected chi connectivity index (χ2v) is 15.2. The summed E-state index contributed by atoms with van der Waals surface area (Å²) in [7, 11) is -0.431. The van der Waals surface area contributed by atoms with Gasteiger partial charge in [-0.2, -0.15) is 8.78 Å². The van der Waals surface area contributed by atoms with E-state index in [0.717, 1.165) is 22.2 Å². The lowest BCUT2D eigenvalue weighted by molar-refractivity contribution is -0.0509. The molecule has 0 saturated carbocycles. The molecule has 1 heterocycles. The Kier molecular flexibility index (Phi) is 7.33. The van der Waals surface area contributed by atoms with Gasteiger partial charge in [-0.1, -0.05) is 39.0 Å². The van der Waals surface area contributed by atoms with Crippen molar-refractivity contribution in [2.24, 2.45) is 0 Å². The summed E-state index contributed by atoms with van der Waals surface area (Å²) in [6.45, 7) is 13.3. The molecule has 8 heteroatoms. The van der Waals surface area contributed by atoms with E-state index in [1.807, 2.05) is 79.0 Å². The van der Waals surface area contributed by atoms with Crippen molar-refractivity contribution in [1.82, 2.24) is 9.97 Å². The van der Waals surface area contributed by atoms with Gasteiger partial charge in [-0.15, -0.1) is 0 Å². The van der Waals surface area contributed by atoms with E-state index in [9.17, 15) is 0 Å². The molecule has 2 aromatic carbocycles. The minimum atomic E-state index is -3.08. The molecular formula is C26H36F2N4OSi. The van der Waals surface area contributed by atoms with Gasteiger partial charge in [0.1, 0.15) is 18.2 Å². The molecule has 0 spiro atoms. The molecule has 0 aliphatic rings. The Hall–Kier alpha value is -2.58. The van der Waals surface area contributed by atoms with E-state index in [4.69, 9.17) is 4.43 Å². The third-order valence-corrected chi connectivity index (χ3v) is 11.2. The highest BCUT2D eigenvalue weighted by molar-refractivity contribution is 6.74. The molecule has 0 unspecified atom stereocenters. The first-order valence-electron chi connectivity index (χ1n) is 11.6. The molecule has 1 atom stereocenters. The Morgan fingerprint density at radius 1 is 1.06 bits per heavy atom. The van der Waals surface area contributed by atoms with E-state index < -0.39 is 20.8 Å². The first-order valence-corrected chi connectivity index (χ1v) is 14.5. The number of rotatable bonds is 8. The zero-order valence-electron chi connectivity index (χ0n) is 21.4. The Balaban J connectivity index is 1.85. The lowest BCUT2D eigenvalue weighted by atomic mass is 10.0. The van der Waals surface area contributed by atoms with Gasteiger partial charge in [0.25, 0.3) is 5.92 Å². The van der Waals surface area contributed by atoms with Gasteiger partial charge in [0.05, 0.1) is 5.52 Å². The first kappa shape index (κ1) is 26.0. The normalized spacial score (nSPS) is 13.7. The number of aryl methyl sites for hydroxylation is 1. The molecule has 0 aliphatic carbocycles. The lowest BCUT2D eigenvalue weighted by Crippen LogP contribution is -2.43. The van der Waals surface area contributed by atoms with Crippen LogP contribution in [0.4, 0.5) is 20.3 Å². The molecule has 0 radical (unpaired) electrons. The van der Waals surface area contributed by atoms with Gasteiger partial charge in [0.15, 0.2) is 8.32 Å². The number of alkyl halides is 2. The molecule has 5 nitrogen and oxygen atoms in total. The number of hydrogen-bond acceptors (Lipinski definition) is 5. The molecule has 1 aromatic heterocycles. The van der Waals surface area contributed by atoms with Crippen molar-refractivity contribution in [3.8, 4) is 0 Å². The number of halogens is 2. The second-order valence-electron chi connectivity index (χ2n) is 10.3. The van der Waals surface area contributed by atoms with E-state index in [1.54, 1.807) is 12.1 Å². The van der Waals surface area contributed by atoms with Crippen LogP contribution in [0, 0.1) is 6.92 Å². The van der Waals surface area contributed by atoms with E-state index in [2.05, 4.69) is 20.6 Å².